The molecule has 2 heterocycles. The molecule has 1 aliphatic heterocycles. The van der Waals surface area contributed by atoms with Crippen molar-refractivity contribution in [2.45, 2.75) is 6.42 Å². The number of anilines is 2. The number of nitrogens with zero attached hydrogens (tertiary/aromatic N) is 1. The molecular formula is C20H17N3O4S. The Kier molecular flexibility index (Phi) is 4.94. The Bertz CT molecular complexity index is 1030. The molecule has 0 atom stereocenters. The van der Waals surface area contributed by atoms with E-state index in [1.807, 2.05) is 41.8 Å². The Balaban J connectivity index is 1.43. The monoisotopic (exact) mass is 395 g/mol. The highest BCUT2D eigenvalue weighted by molar-refractivity contribution is 7.14. The number of ether oxygens (including phenoxy) is 2. The summed E-state index contributed by atoms with van der Waals surface area (Å²) in [6, 6.07) is 12.8. The van der Waals surface area contributed by atoms with Crippen molar-refractivity contribution in [1.82, 2.24) is 4.98 Å². The summed E-state index contributed by atoms with van der Waals surface area (Å²) in [5.41, 5.74) is 3.05. The molecule has 0 bridgehead atoms. The lowest BCUT2D eigenvalue weighted by Crippen LogP contribution is -2.25. The van der Waals surface area contributed by atoms with Gasteiger partial charge in [0.15, 0.2) is 11.7 Å². The van der Waals surface area contributed by atoms with Crippen molar-refractivity contribution in [3.05, 3.63) is 53.4 Å². The molecular weight excluding hydrogens is 378 g/mol. The normalized spacial score (nSPS) is 12.5. The number of amides is 2. The third kappa shape index (κ3) is 3.96. The Morgan fingerprint density at radius 3 is 2.89 bits per heavy atom. The summed E-state index contributed by atoms with van der Waals surface area (Å²) in [5, 5.41) is 7.98. The standard InChI is InChI=1S/C20H17N3O4S/c1-26-14-5-2-12(3-6-14)8-18(24)23-20-22-16(11-28-20)13-4-7-17-15(9-13)21-19(25)10-27-17/h2-7,9,11H,8,10H2,1H3,(H,21,25)(H,22,23,24). The summed E-state index contributed by atoms with van der Waals surface area (Å²) in [5.74, 6) is 1.05. The van der Waals surface area contributed by atoms with E-state index < -0.39 is 0 Å². The number of fused-ring (bicyclic) bond motifs is 1. The minimum Gasteiger partial charge on any atom is -0.497 e. The molecule has 1 aromatic heterocycles. The van der Waals surface area contributed by atoms with E-state index >= 15 is 0 Å². The van der Waals surface area contributed by atoms with E-state index in [2.05, 4.69) is 15.6 Å². The van der Waals surface area contributed by atoms with Gasteiger partial charge in [0.2, 0.25) is 5.91 Å². The van der Waals surface area contributed by atoms with Gasteiger partial charge in [-0.1, -0.05) is 12.1 Å². The van der Waals surface area contributed by atoms with Crippen LogP contribution in [0.5, 0.6) is 11.5 Å². The summed E-state index contributed by atoms with van der Waals surface area (Å²) < 4.78 is 10.5. The van der Waals surface area contributed by atoms with Gasteiger partial charge in [-0.05, 0) is 35.9 Å². The lowest BCUT2D eigenvalue weighted by Gasteiger charge is -2.18. The summed E-state index contributed by atoms with van der Waals surface area (Å²) in [7, 11) is 1.60. The second-order valence-electron chi connectivity index (χ2n) is 6.16. The van der Waals surface area contributed by atoms with Gasteiger partial charge in [-0.3, -0.25) is 9.59 Å². The van der Waals surface area contributed by atoms with Gasteiger partial charge in [-0.2, -0.15) is 0 Å². The SMILES string of the molecule is COc1ccc(CC(=O)Nc2nc(-c3ccc4c(c3)NC(=O)CO4)cs2)cc1. The van der Waals surface area contributed by atoms with E-state index in [1.54, 1.807) is 13.2 Å². The van der Waals surface area contributed by atoms with Crippen LogP contribution in [0.15, 0.2) is 47.8 Å². The smallest absolute Gasteiger partial charge is 0.262 e. The van der Waals surface area contributed by atoms with Gasteiger partial charge in [0.1, 0.15) is 11.5 Å². The highest BCUT2D eigenvalue weighted by atomic mass is 32.1. The summed E-state index contributed by atoms with van der Waals surface area (Å²) in [4.78, 5) is 28.2. The fourth-order valence-electron chi connectivity index (χ4n) is 2.80. The Morgan fingerprint density at radius 1 is 1.29 bits per heavy atom. The van der Waals surface area contributed by atoms with Crippen LogP contribution in [0.3, 0.4) is 0 Å². The number of rotatable bonds is 5. The van der Waals surface area contributed by atoms with E-state index in [4.69, 9.17) is 9.47 Å². The fourth-order valence-corrected chi connectivity index (χ4v) is 3.53. The van der Waals surface area contributed by atoms with Crippen LogP contribution in [-0.4, -0.2) is 30.5 Å². The van der Waals surface area contributed by atoms with E-state index in [-0.39, 0.29) is 24.8 Å². The molecule has 28 heavy (non-hydrogen) atoms. The summed E-state index contributed by atoms with van der Waals surface area (Å²) in [6.07, 6.45) is 0.251. The van der Waals surface area contributed by atoms with Crippen molar-refractivity contribution in [2.24, 2.45) is 0 Å². The molecule has 0 aliphatic carbocycles. The molecule has 8 heteroatoms. The number of hydrogen-bond acceptors (Lipinski definition) is 6. The van der Waals surface area contributed by atoms with E-state index in [9.17, 15) is 9.59 Å². The van der Waals surface area contributed by atoms with Gasteiger partial charge in [0, 0.05) is 10.9 Å². The van der Waals surface area contributed by atoms with Gasteiger partial charge in [-0.15, -0.1) is 11.3 Å². The predicted molar refractivity (Wildman–Crippen MR) is 107 cm³/mol. The number of thiazole rings is 1. The van der Waals surface area contributed by atoms with Crippen LogP contribution in [0.25, 0.3) is 11.3 Å². The maximum absolute atomic E-state index is 12.3. The number of hydrogen-bond donors (Lipinski definition) is 2. The van der Waals surface area contributed by atoms with Crippen LogP contribution in [0.4, 0.5) is 10.8 Å². The number of benzene rings is 2. The molecule has 142 valence electrons. The summed E-state index contributed by atoms with van der Waals surface area (Å²) in [6.45, 7) is 0.0213. The number of carbonyl (C=O) groups is 2. The van der Waals surface area contributed by atoms with Crippen LogP contribution >= 0.6 is 11.3 Å². The fraction of sp³-hybridized carbons (Fsp3) is 0.150. The average molecular weight is 395 g/mol. The van der Waals surface area contributed by atoms with Crippen LogP contribution < -0.4 is 20.1 Å². The topological polar surface area (TPSA) is 89.5 Å². The zero-order valence-electron chi connectivity index (χ0n) is 15.0. The first-order valence-corrected chi connectivity index (χ1v) is 9.44. The van der Waals surface area contributed by atoms with Gasteiger partial charge in [-0.25, -0.2) is 4.98 Å². The molecule has 2 N–H and O–H groups in total. The van der Waals surface area contributed by atoms with Crippen LogP contribution in [0, 0.1) is 0 Å². The number of aromatic nitrogens is 1. The highest BCUT2D eigenvalue weighted by Crippen LogP contribution is 2.33. The maximum Gasteiger partial charge on any atom is 0.262 e. The molecule has 0 saturated heterocycles. The molecule has 0 unspecified atom stereocenters. The van der Waals surface area contributed by atoms with Crippen LogP contribution in [-0.2, 0) is 16.0 Å². The molecule has 0 spiro atoms. The Hall–Kier alpha value is -3.39. The molecule has 3 aromatic rings. The van der Waals surface area contributed by atoms with Crippen LogP contribution in [0.2, 0.25) is 0 Å². The minimum absolute atomic E-state index is 0.0213. The zero-order chi connectivity index (χ0) is 19.5. The van der Waals surface area contributed by atoms with E-state index in [1.165, 1.54) is 11.3 Å². The zero-order valence-corrected chi connectivity index (χ0v) is 15.8. The van der Waals surface area contributed by atoms with Gasteiger partial charge in [0.05, 0.1) is 24.9 Å². The van der Waals surface area contributed by atoms with Crippen LogP contribution in [0.1, 0.15) is 5.56 Å². The first-order valence-electron chi connectivity index (χ1n) is 8.56. The average Bonchev–Trinajstić information content (AvgIpc) is 3.16. The number of methoxy groups -OCH3 is 1. The largest absolute Gasteiger partial charge is 0.497 e. The van der Waals surface area contributed by atoms with Crippen molar-refractivity contribution in [1.29, 1.82) is 0 Å². The first-order chi connectivity index (χ1) is 13.6. The highest BCUT2D eigenvalue weighted by Gasteiger charge is 2.17. The molecule has 0 saturated carbocycles. The molecule has 0 radical (unpaired) electrons. The molecule has 1 aliphatic rings. The molecule has 7 nitrogen and oxygen atoms in total. The van der Waals surface area contributed by atoms with Gasteiger partial charge < -0.3 is 20.1 Å². The lowest BCUT2D eigenvalue weighted by molar-refractivity contribution is -0.118. The number of nitrogens with one attached hydrogen (secondary N) is 2. The van der Waals surface area contributed by atoms with Crippen molar-refractivity contribution >= 4 is 34.0 Å². The van der Waals surface area contributed by atoms with Gasteiger partial charge >= 0.3 is 0 Å². The third-order valence-electron chi connectivity index (χ3n) is 4.18. The molecule has 0 fully saturated rings. The van der Waals surface area contributed by atoms with Crippen molar-refractivity contribution in [3.63, 3.8) is 0 Å². The third-order valence-corrected chi connectivity index (χ3v) is 4.94. The quantitative estimate of drug-likeness (QED) is 0.692. The molecule has 2 amide bonds. The predicted octanol–water partition coefficient (Wildman–Crippen LogP) is 3.33. The van der Waals surface area contributed by atoms with Crippen molar-refractivity contribution in [3.8, 4) is 22.8 Å². The number of carbonyl (C=O) groups excluding carboxylic acids is 2. The second-order valence-corrected chi connectivity index (χ2v) is 7.02. The second kappa shape index (κ2) is 7.69. The molecule has 4 rings (SSSR count). The van der Waals surface area contributed by atoms with E-state index in [0.29, 0.717) is 22.3 Å². The molecule has 2 aromatic carbocycles. The van der Waals surface area contributed by atoms with Gasteiger partial charge in [0.25, 0.3) is 5.91 Å². The minimum atomic E-state index is -0.186. The first kappa shape index (κ1) is 18.0. The lowest BCUT2D eigenvalue weighted by atomic mass is 10.1. The maximum atomic E-state index is 12.3. The van der Waals surface area contributed by atoms with Crippen molar-refractivity contribution < 1.29 is 19.1 Å². The Labute approximate surface area is 165 Å². The van der Waals surface area contributed by atoms with E-state index in [0.717, 1.165) is 16.9 Å². The Morgan fingerprint density at radius 2 is 2.11 bits per heavy atom. The summed E-state index contributed by atoms with van der Waals surface area (Å²) >= 11 is 1.35. The van der Waals surface area contributed by atoms with Crippen molar-refractivity contribution in [2.75, 3.05) is 24.4 Å².